The molecule has 103 valence electrons. The first kappa shape index (κ1) is 15.7. The van der Waals surface area contributed by atoms with E-state index >= 15 is 0 Å². The summed E-state index contributed by atoms with van der Waals surface area (Å²) in [6, 6.07) is 6.44. The summed E-state index contributed by atoms with van der Waals surface area (Å²) in [4.78, 5) is 6.14. The number of aryl methyl sites for hydroxylation is 1. The van der Waals surface area contributed by atoms with Gasteiger partial charge in [-0.3, -0.25) is 8.78 Å². The van der Waals surface area contributed by atoms with Gasteiger partial charge >= 0.3 is 0 Å². The predicted octanol–water partition coefficient (Wildman–Crippen LogP) is 3.20. The average molecular weight is 439 g/mol. The van der Waals surface area contributed by atoms with Gasteiger partial charge in [0.2, 0.25) is 0 Å². The van der Waals surface area contributed by atoms with E-state index < -0.39 is 11.6 Å². The monoisotopic (exact) mass is 440 g/mol. The molecule has 0 bridgehead atoms. The van der Waals surface area contributed by atoms with E-state index in [1.807, 2.05) is 32.0 Å². The van der Waals surface area contributed by atoms with Crippen molar-refractivity contribution in [3.05, 3.63) is 47.7 Å². The van der Waals surface area contributed by atoms with E-state index in [4.69, 9.17) is 0 Å². The molecular weight excluding hydrogens is 426 g/mol. The number of hydrogen-bond donors (Lipinski definition) is 0. The van der Waals surface area contributed by atoms with Gasteiger partial charge in [-0.05, 0) is 18.7 Å². The van der Waals surface area contributed by atoms with Crippen LogP contribution in [0.25, 0.3) is 11.3 Å². The van der Waals surface area contributed by atoms with Crippen LogP contribution in [0.4, 0.5) is 14.5 Å². The van der Waals surface area contributed by atoms with Crippen molar-refractivity contribution in [1.82, 2.24) is 4.98 Å². The van der Waals surface area contributed by atoms with E-state index in [0.29, 0.717) is 5.69 Å². The summed E-state index contributed by atoms with van der Waals surface area (Å²) in [6.45, 7) is 1.84. The quantitative estimate of drug-likeness (QED) is 0.669. The Morgan fingerprint density at radius 1 is 1.21 bits per heavy atom. The van der Waals surface area contributed by atoms with Crippen LogP contribution in [0.2, 0.25) is 0 Å². The standard InChI is InChI=1S/C14H13F2N2.Ir/c1-9-6-11(18(2)3)8-17-14(9)12-5-4-10(15)7-13(12)16;/h4,6-8H,1-3H3;/q-1;. The van der Waals surface area contributed by atoms with Gasteiger partial charge in [-0.25, -0.2) is 0 Å². The molecule has 0 aliphatic carbocycles. The summed E-state index contributed by atoms with van der Waals surface area (Å²) < 4.78 is 26.5. The maximum atomic E-state index is 13.7. The molecule has 0 aliphatic heterocycles. The second kappa shape index (κ2) is 6.22. The molecule has 0 saturated carbocycles. The Morgan fingerprint density at radius 3 is 2.42 bits per heavy atom. The number of halogens is 2. The molecule has 1 heterocycles. The van der Waals surface area contributed by atoms with Crippen LogP contribution in [0.3, 0.4) is 0 Å². The van der Waals surface area contributed by atoms with Crippen molar-refractivity contribution < 1.29 is 28.9 Å². The Bertz CT molecular complexity index is 586. The molecule has 0 spiro atoms. The molecule has 0 amide bonds. The van der Waals surface area contributed by atoms with Crippen LogP contribution in [0.1, 0.15) is 5.56 Å². The third kappa shape index (κ3) is 3.37. The number of nitrogens with zero attached hydrogens (tertiary/aromatic N) is 2. The van der Waals surface area contributed by atoms with Crippen molar-refractivity contribution in [2.24, 2.45) is 0 Å². The molecule has 0 saturated heterocycles. The van der Waals surface area contributed by atoms with Gasteiger partial charge in [0.05, 0.1) is 5.69 Å². The van der Waals surface area contributed by atoms with Crippen LogP contribution in [-0.2, 0) is 20.1 Å². The van der Waals surface area contributed by atoms with Crippen molar-refractivity contribution in [2.75, 3.05) is 19.0 Å². The maximum Gasteiger partial charge on any atom is 0.0532 e. The summed E-state index contributed by atoms with van der Waals surface area (Å²) in [5, 5.41) is 0. The summed E-state index contributed by atoms with van der Waals surface area (Å²) in [6.07, 6.45) is 1.65. The Morgan fingerprint density at radius 2 is 1.89 bits per heavy atom. The zero-order valence-electron chi connectivity index (χ0n) is 10.8. The van der Waals surface area contributed by atoms with Crippen LogP contribution in [-0.4, -0.2) is 19.1 Å². The SMILES string of the molecule is Cc1cc(N(C)C)cnc1-c1[c-]cc(F)cc1F.[Ir]. The van der Waals surface area contributed by atoms with Crippen LogP contribution in [0, 0.1) is 24.6 Å². The van der Waals surface area contributed by atoms with Crippen molar-refractivity contribution in [3.63, 3.8) is 0 Å². The first-order chi connectivity index (χ1) is 8.49. The minimum absolute atomic E-state index is 0. The zero-order chi connectivity index (χ0) is 13.3. The molecule has 1 radical (unpaired) electrons. The number of benzene rings is 1. The molecule has 1 aromatic carbocycles. The van der Waals surface area contributed by atoms with Crippen LogP contribution in [0.15, 0.2) is 24.4 Å². The molecule has 0 aliphatic rings. The van der Waals surface area contributed by atoms with Crippen molar-refractivity contribution in [3.8, 4) is 11.3 Å². The van der Waals surface area contributed by atoms with Crippen molar-refractivity contribution in [2.45, 2.75) is 6.92 Å². The molecule has 5 heteroatoms. The molecule has 19 heavy (non-hydrogen) atoms. The molecule has 2 aromatic rings. The fourth-order valence-corrected chi connectivity index (χ4v) is 1.69. The smallest absolute Gasteiger partial charge is 0.0532 e. The van der Waals surface area contributed by atoms with Crippen LogP contribution >= 0.6 is 0 Å². The molecule has 0 fully saturated rings. The summed E-state index contributed by atoms with van der Waals surface area (Å²) >= 11 is 0. The van der Waals surface area contributed by atoms with Gasteiger partial charge in [-0.15, -0.1) is 12.1 Å². The zero-order valence-corrected chi connectivity index (χ0v) is 13.2. The van der Waals surface area contributed by atoms with Gasteiger partial charge in [0.25, 0.3) is 0 Å². The van der Waals surface area contributed by atoms with E-state index in [9.17, 15) is 8.78 Å². The summed E-state index contributed by atoms with van der Waals surface area (Å²) in [5.41, 5.74) is 2.43. The molecule has 2 rings (SSSR count). The van der Waals surface area contributed by atoms with Crippen LogP contribution < -0.4 is 4.90 Å². The summed E-state index contributed by atoms with van der Waals surface area (Å²) in [7, 11) is 3.81. The molecular formula is C14H13F2IrN2-. The molecule has 0 N–H and O–H groups in total. The van der Waals surface area contributed by atoms with Gasteiger partial charge < -0.3 is 9.88 Å². The summed E-state index contributed by atoms with van der Waals surface area (Å²) in [5.74, 6) is -1.29. The van der Waals surface area contributed by atoms with E-state index in [2.05, 4.69) is 11.1 Å². The second-order valence-electron chi connectivity index (χ2n) is 4.29. The second-order valence-corrected chi connectivity index (χ2v) is 4.29. The third-order valence-corrected chi connectivity index (χ3v) is 2.67. The van der Waals surface area contributed by atoms with Gasteiger partial charge in [0.1, 0.15) is 0 Å². The van der Waals surface area contributed by atoms with Gasteiger partial charge in [-0.2, -0.15) is 0 Å². The fourth-order valence-electron chi connectivity index (χ4n) is 1.69. The topological polar surface area (TPSA) is 16.1 Å². The van der Waals surface area contributed by atoms with Gasteiger partial charge in [0, 0.05) is 52.0 Å². The third-order valence-electron chi connectivity index (χ3n) is 2.67. The van der Waals surface area contributed by atoms with Gasteiger partial charge in [0.15, 0.2) is 0 Å². The average Bonchev–Trinajstić information content (AvgIpc) is 2.30. The largest absolute Gasteiger partial charge is 0.376 e. The van der Waals surface area contributed by atoms with Gasteiger partial charge in [-0.1, -0.05) is 17.2 Å². The number of anilines is 1. The van der Waals surface area contributed by atoms with Crippen molar-refractivity contribution in [1.29, 1.82) is 0 Å². The van der Waals surface area contributed by atoms with Crippen LogP contribution in [0.5, 0.6) is 0 Å². The maximum absolute atomic E-state index is 13.7. The fraction of sp³-hybridized carbons (Fsp3) is 0.214. The van der Waals surface area contributed by atoms with E-state index in [1.165, 1.54) is 0 Å². The Hall–Kier alpha value is -1.32. The first-order valence-electron chi connectivity index (χ1n) is 5.50. The van der Waals surface area contributed by atoms with Crippen molar-refractivity contribution >= 4 is 5.69 Å². The predicted molar refractivity (Wildman–Crippen MR) is 67.5 cm³/mol. The first-order valence-corrected chi connectivity index (χ1v) is 5.50. The molecule has 1 aromatic heterocycles. The number of aromatic nitrogens is 1. The Kier molecular flexibility index (Phi) is 5.15. The Balaban J connectivity index is 0.00000180. The molecule has 0 unspecified atom stereocenters. The molecule has 2 nitrogen and oxygen atoms in total. The number of rotatable bonds is 2. The minimum atomic E-state index is -0.650. The van der Waals surface area contributed by atoms with E-state index in [-0.39, 0.29) is 25.7 Å². The van der Waals surface area contributed by atoms with E-state index in [0.717, 1.165) is 23.4 Å². The number of hydrogen-bond acceptors (Lipinski definition) is 2. The Labute approximate surface area is 124 Å². The molecule has 0 atom stereocenters. The normalized spacial score (nSPS) is 9.95. The number of pyridine rings is 1. The van der Waals surface area contributed by atoms with E-state index in [1.54, 1.807) is 6.20 Å². The minimum Gasteiger partial charge on any atom is -0.376 e.